The Hall–Kier alpha value is -0.680. The molecular weight excluding hydrogens is 174 g/mol. The molecule has 0 spiro atoms. The summed E-state index contributed by atoms with van der Waals surface area (Å²) < 4.78 is 25.9. The van der Waals surface area contributed by atoms with Crippen molar-refractivity contribution in [3.8, 4) is 6.07 Å². The Labute approximate surface area is 66.1 Å². The van der Waals surface area contributed by atoms with Gasteiger partial charge in [-0.05, 0) is 0 Å². The molecule has 0 saturated heterocycles. The average molecular weight is 187 g/mol. The Bertz CT molecular complexity index is 159. The molecule has 0 unspecified atom stereocenters. The lowest BCUT2D eigenvalue weighted by Gasteiger charge is -1.69. The molecule has 0 aliphatic heterocycles. The first-order valence-electron chi connectivity index (χ1n) is 2.09. The number of nitrogens with zero attached hydrogens (tertiary/aromatic N) is 1. The number of aliphatic hydroxyl groups excluding tert-OH is 1. The summed E-state index contributed by atoms with van der Waals surface area (Å²) in [5, 5.41) is 14.3. The standard InChI is InChI=1S/C2H3N.CH4O3S.CH4O.H2O/c1-2-3;1-5(2,3)4;1-2;/h1H3;1H3,(H,2,3,4);2H,1H3;1H2. The van der Waals surface area contributed by atoms with E-state index in [1.54, 1.807) is 6.07 Å². The Morgan fingerprint density at radius 2 is 1.36 bits per heavy atom. The highest BCUT2D eigenvalue weighted by atomic mass is 32.2. The molecule has 70 valence electrons. The lowest BCUT2D eigenvalue weighted by Crippen LogP contribution is -1.88. The second-order valence-corrected chi connectivity index (χ2v) is 2.42. The molecule has 0 atom stereocenters. The molecule has 0 radical (unpaired) electrons. The molecule has 0 heterocycles. The largest absolute Gasteiger partial charge is 0.412 e. The maximum absolute atomic E-state index is 9.19. The second-order valence-electron chi connectivity index (χ2n) is 0.957. The number of hydrogen-bond acceptors (Lipinski definition) is 4. The Morgan fingerprint density at radius 3 is 1.36 bits per heavy atom. The maximum atomic E-state index is 9.19. The predicted molar refractivity (Wildman–Crippen MR) is 40.5 cm³/mol. The van der Waals surface area contributed by atoms with Gasteiger partial charge in [-0.2, -0.15) is 13.7 Å². The van der Waals surface area contributed by atoms with Crippen LogP contribution in [0.2, 0.25) is 0 Å². The molecule has 0 fully saturated rings. The van der Waals surface area contributed by atoms with Crippen molar-refractivity contribution in [1.29, 1.82) is 5.26 Å². The van der Waals surface area contributed by atoms with Crippen molar-refractivity contribution in [1.82, 2.24) is 0 Å². The molecule has 0 aromatic carbocycles. The zero-order valence-corrected chi connectivity index (χ0v) is 7.38. The van der Waals surface area contributed by atoms with E-state index >= 15 is 0 Å². The van der Waals surface area contributed by atoms with Gasteiger partial charge in [0.25, 0.3) is 10.1 Å². The monoisotopic (exact) mass is 187 g/mol. The van der Waals surface area contributed by atoms with E-state index in [1.165, 1.54) is 6.92 Å². The second kappa shape index (κ2) is 16.2. The molecule has 6 nitrogen and oxygen atoms in total. The summed E-state index contributed by atoms with van der Waals surface area (Å²) in [4.78, 5) is 0. The molecule has 7 heteroatoms. The zero-order valence-electron chi connectivity index (χ0n) is 6.57. The quantitative estimate of drug-likeness (QED) is 0.461. The van der Waals surface area contributed by atoms with E-state index < -0.39 is 10.1 Å². The predicted octanol–water partition coefficient (Wildman–Crippen LogP) is -1.18. The SMILES string of the molecule is CC#N.CO.CS(=O)(=O)O.O. The summed E-state index contributed by atoms with van der Waals surface area (Å²) in [6.45, 7) is 1.43. The van der Waals surface area contributed by atoms with E-state index in [4.69, 9.17) is 14.9 Å². The molecule has 0 aromatic rings. The lowest BCUT2D eigenvalue weighted by atomic mass is 11.0. The van der Waals surface area contributed by atoms with Crippen LogP contribution in [0.5, 0.6) is 0 Å². The normalized spacial score (nSPS) is 6.55. The van der Waals surface area contributed by atoms with Crippen molar-refractivity contribution in [2.75, 3.05) is 13.4 Å². The highest BCUT2D eigenvalue weighted by molar-refractivity contribution is 7.85. The van der Waals surface area contributed by atoms with Crippen LogP contribution in [0.15, 0.2) is 0 Å². The summed E-state index contributed by atoms with van der Waals surface area (Å²) in [5.74, 6) is 0. The highest BCUT2D eigenvalue weighted by Gasteiger charge is 1.81. The Kier molecular flexibility index (Phi) is 33.0. The van der Waals surface area contributed by atoms with Gasteiger partial charge < -0.3 is 10.6 Å². The first kappa shape index (κ1) is 22.4. The molecule has 0 saturated carbocycles. The van der Waals surface area contributed by atoms with E-state index in [1.807, 2.05) is 0 Å². The molecule has 0 amide bonds. The van der Waals surface area contributed by atoms with Crippen LogP contribution in [0.3, 0.4) is 0 Å². The first-order chi connectivity index (χ1) is 4.41. The van der Waals surface area contributed by atoms with Crippen LogP contribution in [-0.4, -0.2) is 36.9 Å². The first-order valence-corrected chi connectivity index (χ1v) is 3.94. The van der Waals surface area contributed by atoms with Gasteiger partial charge in [-0.15, -0.1) is 0 Å². The fourth-order valence-electron chi connectivity index (χ4n) is 0. The van der Waals surface area contributed by atoms with Crippen LogP contribution < -0.4 is 0 Å². The van der Waals surface area contributed by atoms with Crippen molar-refractivity contribution < 1.29 is 23.6 Å². The maximum Gasteiger partial charge on any atom is 0.261 e. The molecule has 0 aliphatic carbocycles. The fourth-order valence-corrected chi connectivity index (χ4v) is 0. The number of aliphatic hydroxyl groups is 1. The van der Waals surface area contributed by atoms with E-state index in [0.29, 0.717) is 6.26 Å². The summed E-state index contributed by atoms with van der Waals surface area (Å²) in [6, 6.07) is 1.75. The molecular formula is C4H13NO5S. The van der Waals surface area contributed by atoms with Gasteiger partial charge in [0, 0.05) is 14.0 Å². The summed E-state index contributed by atoms with van der Waals surface area (Å²) >= 11 is 0. The van der Waals surface area contributed by atoms with Gasteiger partial charge in [0.15, 0.2) is 0 Å². The molecule has 0 bridgehead atoms. The fraction of sp³-hybridized carbons (Fsp3) is 0.750. The van der Waals surface area contributed by atoms with Crippen LogP contribution in [0.4, 0.5) is 0 Å². The third-order valence-corrected chi connectivity index (χ3v) is 0. The summed E-state index contributed by atoms with van der Waals surface area (Å²) in [5.41, 5.74) is 0. The minimum Gasteiger partial charge on any atom is -0.412 e. The van der Waals surface area contributed by atoms with Crippen LogP contribution in [-0.2, 0) is 10.1 Å². The van der Waals surface area contributed by atoms with Crippen molar-refractivity contribution in [3.05, 3.63) is 0 Å². The number of nitriles is 1. The average Bonchev–Trinajstić information content (AvgIpc) is 1.68. The molecule has 0 aliphatic rings. The van der Waals surface area contributed by atoms with Gasteiger partial charge in [-0.25, -0.2) is 0 Å². The smallest absolute Gasteiger partial charge is 0.261 e. The topological polar surface area (TPSA) is 130 Å². The van der Waals surface area contributed by atoms with Crippen LogP contribution in [0, 0.1) is 11.3 Å². The van der Waals surface area contributed by atoms with Crippen LogP contribution in [0.25, 0.3) is 0 Å². The van der Waals surface area contributed by atoms with Gasteiger partial charge >= 0.3 is 0 Å². The van der Waals surface area contributed by atoms with Crippen LogP contribution >= 0.6 is 0 Å². The van der Waals surface area contributed by atoms with E-state index in [2.05, 4.69) is 0 Å². The summed E-state index contributed by atoms with van der Waals surface area (Å²) in [7, 11) is -2.67. The van der Waals surface area contributed by atoms with E-state index in [-0.39, 0.29) is 5.48 Å². The highest BCUT2D eigenvalue weighted by Crippen LogP contribution is 1.60. The van der Waals surface area contributed by atoms with Gasteiger partial charge in [0.1, 0.15) is 0 Å². The van der Waals surface area contributed by atoms with Crippen molar-refractivity contribution in [3.63, 3.8) is 0 Å². The number of hydrogen-bond donors (Lipinski definition) is 2. The lowest BCUT2D eigenvalue weighted by molar-refractivity contribution is 0.399. The third kappa shape index (κ3) is 1080. The Balaban J connectivity index is -0.0000000360. The van der Waals surface area contributed by atoms with E-state index in [9.17, 15) is 8.42 Å². The van der Waals surface area contributed by atoms with E-state index in [0.717, 1.165) is 7.11 Å². The molecule has 11 heavy (non-hydrogen) atoms. The van der Waals surface area contributed by atoms with Gasteiger partial charge in [-0.1, -0.05) is 0 Å². The van der Waals surface area contributed by atoms with Crippen molar-refractivity contribution in [2.45, 2.75) is 6.92 Å². The molecule has 4 N–H and O–H groups in total. The van der Waals surface area contributed by atoms with Crippen molar-refractivity contribution in [2.24, 2.45) is 0 Å². The van der Waals surface area contributed by atoms with Gasteiger partial charge in [-0.3, -0.25) is 4.55 Å². The van der Waals surface area contributed by atoms with Gasteiger partial charge in [0.05, 0.1) is 12.3 Å². The summed E-state index contributed by atoms with van der Waals surface area (Å²) in [6.07, 6.45) is 0.715. The van der Waals surface area contributed by atoms with Gasteiger partial charge in [0.2, 0.25) is 0 Å². The minimum atomic E-state index is -3.67. The van der Waals surface area contributed by atoms with Crippen LogP contribution in [0.1, 0.15) is 6.92 Å². The zero-order chi connectivity index (χ0) is 9.21. The molecule has 0 aromatic heterocycles. The minimum absolute atomic E-state index is 0. The molecule has 0 rings (SSSR count). The Morgan fingerprint density at radius 1 is 1.36 bits per heavy atom. The third-order valence-electron chi connectivity index (χ3n) is 0. The van der Waals surface area contributed by atoms with Crippen molar-refractivity contribution >= 4 is 10.1 Å². The number of rotatable bonds is 0.